The fourth-order valence-corrected chi connectivity index (χ4v) is 1.85. The predicted molar refractivity (Wildman–Crippen MR) is 77.3 cm³/mol. The van der Waals surface area contributed by atoms with E-state index in [9.17, 15) is 0 Å². The number of aliphatic hydroxyl groups excluding tert-OH is 2. The first-order valence-corrected chi connectivity index (χ1v) is 7.56. The molecule has 0 radical (unpaired) electrons. The topological polar surface area (TPSA) is 40.5 Å². The average Bonchev–Trinajstić information content (AvgIpc) is 2.39. The highest BCUT2D eigenvalue weighted by atomic mass is 16.3. The molecule has 0 aliphatic carbocycles. The molecule has 0 aromatic rings. The summed E-state index contributed by atoms with van der Waals surface area (Å²) in [6.45, 7) is 2.10. The van der Waals surface area contributed by atoms with E-state index < -0.39 is 6.10 Å². The minimum Gasteiger partial charge on any atom is -0.394 e. The fraction of sp³-hybridized carbons (Fsp3) is 0.875. The van der Waals surface area contributed by atoms with Crippen molar-refractivity contribution in [3.8, 4) is 11.8 Å². The third-order valence-corrected chi connectivity index (χ3v) is 3.09. The second-order valence-corrected chi connectivity index (χ2v) is 4.95. The zero-order valence-corrected chi connectivity index (χ0v) is 12.0. The maximum absolute atomic E-state index is 9.10. The Morgan fingerprint density at radius 2 is 1.39 bits per heavy atom. The number of aliphatic hydroxyl groups is 2. The van der Waals surface area contributed by atoms with Crippen LogP contribution in [0.4, 0.5) is 0 Å². The summed E-state index contributed by atoms with van der Waals surface area (Å²) in [6.07, 6.45) is 12.3. The highest BCUT2D eigenvalue weighted by molar-refractivity contribution is 4.98. The molecule has 2 nitrogen and oxygen atoms in total. The largest absolute Gasteiger partial charge is 0.394 e. The van der Waals surface area contributed by atoms with Crippen molar-refractivity contribution in [2.45, 2.75) is 83.7 Å². The first kappa shape index (κ1) is 17.5. The molecular weight excluding hydrogens is 224 g/mol. The second kappa shape index (κ2) is 14.5. The fourth-order valence-electron chi connectivity index (χ4n) is 1.85. The molecule has 0 aliphatic rings. The Labute approximate surface area is 113 Å². The van der Waals surface area contributed by atoms with Crippen LogP contribution in [0, 0.1) is 11.8 Å². The number of hydrogen-bond acceptors (Lipinski definition) is 2. The molecule has 0 spiro atoms. The third kappa shape index (κ3) is 13.5. The number of unbranched alkanes of at least 4 members (excludes halogenated alkanes) is 8. The van der Waals surface area contributed by atoms with Gasteiger partial charge in [0.1, 0.15) is 0 Å². The monoisotopic (exact) mass is 254 g/mol. The van der Waals surface area contributed by atoms with Gasteiger partial charge in [0.05, 0.1) is 12.7 Å². The molecule has 2 heteroatoms. The van der Waals surface area contributed by atoms with E-state index in [1.807, 2.05) is 0 Å². The normalized spacial score (nSPS) is 11.9. The van der Waals surface area contributed by atoms with Gasteiger partial charge in [-0.1, -0.05) is 51.9 Å². The Morgan fingerprint density at radius 3 is 2.00 bits per heavy atom. The summed E-state index contributed by atoms with van der Waals surface area (Å²) in [7, 11) is 0. The minimum absolute atomic E-state index is 0.153. The summed E-state index contributed by atoms with van der Waals surface area (Å²) in [4.78, 5) is 0. The van der Waals surface area contributed by atoms with Crippen molar-refractivity contribution in [2.75, 3.05) is 6.61 Å². The predicted octanol–water partition coefficient (Wildman–Crippen LogP) is 3.65. The standard InChI is InChI=1S/C16H30O2/c1-2-3-4-5-6-7-8-9-10-11-12-13-14-16(18)15-17/h16-18H,2-10,13-15H2,1H3. The van der Waals surface area contributed by atoms with Gasteiger partial charge in [-0.2, -0.15) is 0 Å². The quantitative estimate of drug-likeness (QED) is 0.436. The molecule has 0 fully saturated rings. The lowest BCUT2D eigenvalue weighted by Crippen LogP contribution is -2.10. The first-order valence-electron chi connectivity index (χ1n) is 7.56. The highest BCUT2D eigenvalue weighted by Gasteiger charge is 1.97. The Hall–Kier alpha value is -0.520. The van der Waals surface area contributed by atoms with Gasteiger partial charge >= 0.3 is 0 Å². The van der Waals surface area contributed by atoms with Gasteiger partial charge in [0.2, 0.25) is 0 Å². The Bertz CT molecular complexity index is 215. The van der Waals surface area contributed by atoms with Crippen molar-refractivity contribution >= 4 is 0 Å². The molecule has 0 amide bonds. The molecule has 2 N–H and O–H groups in total. The summed E-state index contributed by atoms with van der Waals surface area (Å²) >= 11 is 0. The van der Waals surface area contributed by atoms with E-state index in [1.165, 1.54) is 51.4 Å². The van der Waals surface area contributed by atoms with Crippen molar-refractivity contribution in [3.05, 3.63) is 0 Å². The molecule has 0 saturated carbocycles. The molecule has 106 valence electrons. The Kier molecular flexibility index (Phi) is 14.1. The van der Waals surface area contributed by atoms with Gasteiger partial charge < -0.3 is 10.2 Å². The van der Waals surface area contributed by atoms with Gasteiger partial charge in [-0.25, -0.2) is 0 Å². The maximum Gasteiger partial charge on any atom is 0.0780 e. The summed E-state index contributed by atoms with van der Waals surface area (Å²) in [5.74, 6) is 6.18. The molecule has 0 aliphatic heterocycles. The van der Waals surface area contributed by atoms with Crippen LogP contribution in [0.5, 0.6) is 0 Å². The summed E-state index contributed by atoms with van der Waals surface area (Å²) in [5, 5.41) is 17.7. The van der Waals surface area contributed by atoms with Crippen LogP contribution in [0.15, 0.2) is 0 Å². The van der Waals surface area contributed by atoms with Gasteiger partial charge in [-0.15, -0.1) is 11.8 Å². The summed E-state index contributed by atoms with van der Waals surface area (Å²) in [5.41, 5.74) is 0. The molecule has 0 aromatic heterocycles. The van der Waals surface area contributed by atoms with Crippen molar-refractivity contribution in [1.82, 2.24) is 0 Å². The summed E-state index contributed by atoms with van der Waals surface area (Å²) in [6, 6.07) is 0. The zero-order chi connectivity index (χ0) is 13.5. The van der Waals surface area contributed by atoms with Crippen molar-refractivity contribution < 1.29 is 10.2 Å². The molecule has 0 saturated heterocycles. The third-order valence-electron chi connectivity index (χ3n) is 3.09. The van der Waals surface area contributed by atoms with Crippen LogP contribution in [0.1, 0.15) is 77.6 Å². The lowest BCUT2D eigenvalue weighted by atomic mass is 10.1. The van der Waals surface area contributed by atoms with Crippen LogP contribution < -0.4 is 0 Å². The van der Waals surface area contributed by atoms with Crippen LogP contribution in [0.2, 0.25) is 0 Å². The van der Waals surface area contributed by atoms with Crippen molar-refractivity contribution in [3.63, 3.8) is 0 Å². The first-order chi connectivity index (χ1) is 8.81. The number of hydrogen-bond donors (Lipinski definition) is 2. The van der Waals surface area contributed by atoms with E-state index in [0.29, 0.717) is 12.8 Å². The van der Waals surface area contributed by atoms with Crippen LogP contribution in [-0.4, -0.2) is 22.9 Å². The van der Waals surface area contributed by atoms with E-state index in [1.54, 1.807) is 0 Å². The van der Waals surface area contributed by atoms with Crippen LogP contribution in [0.3, 0.4) is 0 Å². The Balaban J connectivity index is 3.13. The molecule has 0 aromatic carbocycles. The molecule has 1 atom stereocenters. The van der Waals surface area contributed by atoms with Gasteiger partial charge in [0, 0.05) is 12.8 Å². The smallest absolute Gasteiger partial charge is 0.0780 e. The van der Waals surface area contributed by atoms with Crippen molar-refractivity contribution in [1.29, 1.82) is 0 Å². The maximum atomic E-state index is 9.10. The SMILES string of the molecule is CCCCCCCCCCC#CCCC(O)CO. The molecule has 0 bridgehead atoms. The van der Waals surface area contributed by atoms with Crippen LogP contribution in [-0.2, 0) is 0 Å². The minimum atomic E-state index is -0.595. The van der Waals surface area contributed by atoms with Gasteiger partial charge in [0.15, 0.2) is 0 Å². The molecule has 18 heavy (non-hydrogen) atoms. The second-order valence-electron chi connectivity index (χ2n) is 4.95. The van der Waals surface area contributed by atoms with E-state index >= 15 is 0 Å². The lowest BCUT2D eigenvalue weighted by Gasteiger charge is -2.01. The highest BCUT2D eigenvalue weighted by Crippen LogP contribution is 2.09. The van der Waals surface area contributed by atoms with E-state index in [0.717, 1.165) is 6.42 Å². The molecule has 0 heterocycles. The van der Waals surface area contributed by atoms with Gasteiger partial charge in [-0.05, 0) is 12.8 Å². The van der Waals surface area contributed by atoms with Crippen LogP contribution in [0.25, 0.3) is 0 Å². The number of rotatable bonds is 11. The van der Waals surface area contributed by atoms with E-state index in [-0.39, 0.29) is 6.61 Å². The van der Waals surface area contributed by atoms with E-state index in [2.05, 4.69) is 18.8 Å². The molecule has 0 rings (SSSR count). The van der Waals surface area contributed by atoms with Crippen molar-refractivity contribution in [2.24, 2.45) is 0 Å². The lowest BCUT2D eigenvalue weighted by molar-refractivity contribution is 0.0895. The van der Waals surface area contributed by atoms with Crippen LogP contribution >= 0.6 is 0 Å². The molecular formula is C16H30O2. The average molecular weight is 254 g/mol. The van der Waals surface area contributed by atoms with Gasteiger partial charge in [0.25, 0.3) is 0 Å². The Morgan fingerprint density at radius 1 is 0.833 bits per heavy atom. The van der Waals surface area contributed by atoms with E-state index in [4.69, 9.17) is 10.2 Å². The zero-order valence-electron chi connectivity index (χ0n) is 12.0. The summed E-state index contributed by atoms with van der Waals surface area (Å²) < 4.78 is 0. The van der Waals surface area contributed by atoms with Gasteiger partial charge in [-0.3, -0.25) is 0 Å². The molecule has 1 unspecified atom stereocenters.